The molecule has 0 aromatic heterocycles. The van der Waals surface area contributed by atoms with E-state index in [0.29, 0.717) is 0 Å². The fraction of sp³-hybridized carbons (Fsp3) is 0.625. The highest BCUT2D eigenvalue weighted by Gasteiger charge is 2.44. The number of benzene rings is 1. The van der Waals surface area contributed by atoms with Crippen LogP contribution in [-0.4, -0.2) is 11.3 Å². The van der Waals surface area contributed by atoms with Gasteiger partial charge in [-0.25, -0.2) is 0 Å². The van der Waals surface area contributed by atoms with Gasteiger partial charge in [0.2, 0.25) is 0 Å². The second-order valence-electron chi connectivity index (χ2n) is 6.05. The lowest BCUT2D eigenvalue weighted by Crippen LogP contribution is -2.41. The van der Waals surface area contributed by atoms with Crippen LogP contribution in [0.2, 0.25) is 0 Å². The average molecular weight is 248 g/mol. The molecule has 0 bridgehead atoms. The molecule has 1 aromatic rings. The van der Waals surface area contributed by atoms with Gasteiger partial charge in [0.05, 0.1) is 0 Å². The molecule has 2 rings (SSSR count). The van der Waals surface area contributed by atoms with Gasteiger partial charge in [-0.05, 0) is 47.4 Å². The van der Waals surface area contributed by atoms with Crippen LogP contribution in [0.15, 0.2) is 24.3 Å². The van der Waals surface area contributed by atoms with E-state index < -0.39 is 0 Å². The van der Waals surface area contributed by atoms with Crippen molar-refractivity contribution in [2.75, 3.05) is 0 Å². The molecule has 94 valence electrons. The molecule has 1 aliphatic rings. The summed E-state index contributed by atoms with van der Waals surface area (Å²) < 4.78 is 0. The summed E-state index contributed by atoms with van der Waals surface area (Å²) in [5.74, 6) is 1.69. The van der Waals surface area contributed by atoms with Crippen molar-refractivity contribution in [2.24, 2.45) is 11.8 Å². The Kier molecular flexibility index (Phi) is 3.93. The van der Waals surface area contributed by atoms with Crippen molar-refractivity contribution >= 4 is 13.2 Å². The van der Waals surface area contributed by atoms with Crippen molar-refractivity contribution < 1.29 is 0 Å². The molecule has 0 radical (unpaired) electrons. The maximum Gasteiger partial charge on any atom is -0.0137 e. The zero-order valence-corrected chi connectivity index (χ0v) is 12.7. The lowest BCUT2D eigenvalue weighted by atomic mass is 9.98. The summed E-state index contributed by atoms with van der Waals surface area (Å²) in [5.41, 5.74) is 3.42. The van der Waals surface area contributed by atoms with Gasteiger partial charge in [0.15, 0.2) is 0 Å². The average Bonchev–Trinajstić information content (AvgIpc) is 2.18. The molecule has 0 nitrogen and oxygen atoms in total. The van der Waals surface area contributed by atoms with E-state index in [4.69, 9.17) is 0 Å². The van der Waals surface area contributed by atoms with Crippen LogP contribution in [0.4, 0.5) is 0 Å². The Bertz CT molecular complexity index is 367. The first-order valence-corrected chi connectivity index (χ1v) is 8.34. The van der Waals surface area contributed by atoms with Crippen LogP contribution < -0.4 is 5.30 Å². The molecule has 0 saturated carbocycles. The van der Waals surface area contributed by atoms with Gasteiger partial charge < -0.3 is 0 Å². The third-order valence-corrected chi connectivity index (χ3v) is 8.23. The Balaban J connectivity index is 2.29. The maximum absolute atomic E-state index is 2.40. The molecule has 1 saturated heterocycles. The quantitative estimate of drug-likeness (QED) is 0.688. The first-order chi connectivity index (χ1) is 8.02. The van der Waals surface area contributed by atoms with Crippen LogP contribution in [0.5, 0.6) is 0 Å². The van der Waals surface area contributed by atoms with E-state index in [0.717, 1.165) is 23.2 Å². The van der Waals surface area contributed by atoms with Crippen LogP contribution in [-0.2, 0) is 0 Å². The summed E-state index contributed by atoms with van der Waals surface area (Å²) >= 11 is 0. The lowest BCUT2D eigenvalue weighted by Gasteiger charge is -2.50. The summed E-state index contributed by atoms with van der Waals surface area (Å²) in [7, 11) is 0.0805. The maximum atomic E-state index is 2.40. The van der Waals surface area contributed by atoms with Gasteiger partial charge in [0.25, 0.3) is 0 Å². The molecule has 1 heteroatoms. The van der Waals surface area contributed by atoms with E-state index in [2.05, 4.69) is 58.9 Å². The standard InChI is InChI=1S/C16H25P/c1-11(2)15-10-16(12(3)4)17(15)14-9-7-6-8-13(14)5/h6-9,11-12,15-16H,10H2,1-5H3/t15-,16-/m1/s1. The predicted molar refractivity (Wildman–Crippen MR) is 79.6 cm³/mol. The summed E-state index contributed by atoms with van der Waals surface area (Å²) in [5, 5.41) is 1.67. The number of aryl methyl sites for hydroxylation is 1. The fourth-order valence-corrected chi connectivity index (χ4v) is 6.73. The molecule has 0 N–H and O–H groups in total. The fourth-order valence-electron chi connectivity index (χ4n) is 2.98. The molecular weight excluding hydrogens is 223 g/mol. The molecule has 17 heavy (non-hydrogen) atoms. The minimum absolute atomic E-state index is 0.0805. The number of rotatable bonds is 3. The summed E-state index contributed by atoms with van der Waals surface area (Å²) in [6, 6.07) is 9.05. The zero-order valence-electron chi connectivity index (χ0n) is 11.8. The van der Waals surface area contributed by atoms with Crippen molar-refractivity contribution in [3.8, 4) is 0 Å². The first-order valence-electron chi connectivity index (χ1n) is 6.86. The van der Waals surface area contributed by atoms with Crippen molar-refractivity contribution in [1.82, 2.24) is 0 Å². The molecule has 0 aliphatic carbocycles. The van der Waals surface area contributed by atoms with Crippen molar-refractivity contribution in [2.45, 2.75) is 52.4 Å². The van der Waals surface area contributed by atoms with Crippen molar-refractivity contribution in [1.29, 1.82) is 0 Å². The van der Waals surface area contributed by atoms with E-state index in [1.54, 1.807) is 5.30 Å². The van der Waals surface area contributed by atoms with Gasteiger partial charge in [-0.15, -0.1) is 0 Å². The van der Waals surface area contributed by atoms with Gasteiger partial charge >= 0.3 is 0 Å². The molecule has 1 fully saturated rings. The Labute approximate surface area is 108 Å². The van der Waals surface area contributed by atoms with Crippen LogP contribution in [0.1, 0.15) is 39.7 Å². The molecule has 1 aromatic carbocycles. The smallest absolute Gasteiger partial charge is 0.0137 e. The van der Waals surface area contributed by atoms with Crippen LogP contribution in [0.3, 0.4) is 0 Å². The number of hydrogen-bond donors (Lipinski definition) is 0. The van der Waals surface area contributed by atoms with E-state index in [1.807, 2.05) is 0 Å². The van der Waals surface area contributed by atoms with E-state index in [-0.39, 0.29) is 7.92 Å². The highest BCUT2D eigenvalue weighted by atomic mass is 31.1. The molecule has 0 unspecified atom stereocenters. The second kappa shape index (κ2) is 5.11. The molecular formula is C16H25P. The highest BCUT2D eigenvalue weighted by molar-refractivity contribution is 7.68. The Morgan fingerprint density at radius 2 is 1.53 bits per heavy atom. The normalized spacial score (nSPS) is 25.4. The Hall–Kier alpha value is -0.350. The lowest BCUT2D eigenvalue weighted by molar-refractivity contribution is 0.448. The van der Waals surface area contributed by atoms with Gasteiger partial charge in [-0.2, -0.15) is 0 Å². The van der Waals surface area contributed by atoms with Crippen molar-refractivity contribution in [3.63, 3.8) is 0 Å². The summed E-state index contributed by atoms with van der Waals surface area (Å²) in [6.45, 7) is 11.9. The second-order valence-corrected chi connectivity index (χ2v) is 8.68. The minimum Gasteiger partial charge on any atom is -0.0681 e. The van der Waals surface area contributed by atoms with Gasteiger partial charge in [-0.3, -0.25) is 0 Å². The Morgan fingerprint density at radius 1 is 1.00 bits per heavy atom. The van der Waals surface area contributed by atoms with E-state index in [1.165, 1.54) is 12.0 Å². The van der Waals surface area contributed by atoms with Crippen molar-refractivity contribution in [3.05, 3.63) is 29.8 Å². The zero-order chi connectivity index (χ0) is 12.6. The van der Waals surface area contributed by atoms with Gasteiger partial charge in [-0.1, -0.05) is 59.9 Å². The highest BCUT2D eigenvalue weighted by Crippen LogP contribution is 2.63. The molecule has 1 heterocycles. The molecule has 1 aliphatic heterocycles. The van der Waals surface area contributed by atoms with Gasteiger partial charge in [0.1, 0.15) is 0 Å². The van der Waals surface area contributed by atoms with Crippen LogP contribution in [0, 0.1) is 18.8 Å². The topological polar surface area (TPSA) is 0 Å². The summed E-state index contributed by atoms with van der Waals surface area (Å²) in [6.07, 6.45) is 1.45. The molecule has 0 spiro atoms. The largest absolute Gasteiger partial charge is 0.0681 e. The SMILES string of the molecule is Cc1ccccc1P1[C@@H](C(C)C)C[C@@H]1C(C)C. The Morgan fingerprint density at radius 3 is 2.00 bits per heavy atom. The third kappa shape index (κ3) is 2.43. The van der Waals surface area contributed by atoms with E-state index >= 15 is 0 Å². The number of hydrogen-bond acceptors (Lipinski definition) is 0. The molecule has 0 amide bonds. The van der Waals surface area contributed by atoms with Crippen LogP contribution in [0.25, 0.3) is 0 Å². The minimum atomic E-state index is 0.0805. The predicted octanol–water partition coefficient (Wildman–Crippen LogP) is 4.56. The monoisotopic (exact) mass is 248 g/mol. The summed E-state index contributed by atoms with van der Waals surface area (Å²) in [4.78, 5) is 0. The molecule has 2 atom stereocenters. The third-order valence-electron chi connectivity index (χ3n) is 4.13. The van der Waals surface area contributed by atoms with Gasteiger partial charge in [0, 0.05) is 0 Å². The van der Waals surface area contributed by atoms with E-state index in [9.17, 15) is 0 Å². The van der Waals surface area contributed by atoms with Crippen LogP contribution >= 0.6 is 7.92 Å². The first kappa shape index (κ1) is 13.1.